The van der Waals surface area contributed by atoms with Gasteiger partial charge in [-0.05, 0) is 31.0 Å². The van der Waals surface area contributed by atoms with Crippen LogP contribution in [0.5, 0.6) is 0 Å². The SMILES string of the molecule is CN(C)C(=O)C1(NS(=O)(=O)c2cccc(F)c2)CCCCC1. The highest BCUT2D eigenvalue weighted by Gasteiger charge is 2.43. The van der Waals surface area contributed by atoms with Gasteiger partial charge in [-0.15, -0.1) is 0 Å². The number of carbonyl (C=O) groups excluding carboxylic acids is 1. The van der Waals surface area contributed by atoms with Crippen LogP contribution in [0.2, 0.25) is 0 Å². The van der Waals surface area contributed by atoms with Crippen LogP contribution in [-0.4, -0.2) is 38.9 Å². The van der Waals surface area contributed by atoms with Crippen LogP contribution in [0.4, 0.5) is 4.39 Å². The van der Waals surface area contributed by atoms with Crippen LogP contribution in [0.15, 0.2) is 29.2 Å². The molecule has 0 aliphatic heterocycles. The summed E-state index contributed by atoms with van der Waals surface area (Å²) in [5, 5.41) is 0. The minimum Gasteiger partial charge on any atom is -0.347 e. The summed E-state index contributed by atoms with van der Waals surface area (Å²) >= 11 is 0. The Morgan fingerprint density at radius 1 is 1.23 bits per heavy atom. The van der Waals surface area contributed by atoms with E-state index in [0.717, 1.165) is 25.3 Å². The fourth-order valence-electron chi connectivity index (χ4n) is 2.89. The quantitative estimate of drug-likeness (QED) is 0.918. The molecule has 0 atom stereocenters. The molecule has 0 spiro atoms. The van der Waals surface area contributed by atoms with Gasteiger partial charge in [0, 0.05) is 14.1 Å². The summed E-state index contributed by atoms with van der Waals surface area (Å²) in [5.41, 5.74) is -1.13. The highest BCUT2D eigenvalue weighted by molar-refractivity contribution is 7.89. The number of halogens is 1. The molecule has 1 aromatic carbocycles. The number of hydrogen-bond donors (Lipinski definition) is 1. The van der Waals surface area contributed by atoms with Crippen molar-refractivity contribution in [2.45, 2.75) is 42.5 Å². The molecule has 7 heteroatoms. The second kappa shape index (κ2) is 6.34. The summed E-state index contributed by atoms with van der Waals surface area (Å²) < 4.78 is 40.9. The number of benzene rings is 1. The van der Waals surface area contributed by atoms with E-state index in [1.165, 1.54) is 23.1 Å². The Balaban J connectivity index is 2.36. The van der Waals surface area contributed by atoms with Gasteiger partial charge in [0.05, 0.1) is 4.90 Å². The molecule has 1 saturated carbocycles. The molecule has 1 aliphatic rings. The van der Waals surface area contributed by atoms with E-state index in [4.69, 9.17) is 0 Å². The Bertz CT molecular complexity index is 653. The fourth-order valence-corrected chi connectivity index (χ4v) is 4.34. The van der Waals surface area contributed by atoms with Gasteiger partial charge in [0.25, 0.3) is 0 Å². The average molecular weight is 328 g/mol. The van der Waals surface area contributed by atoms with E-state index in [1.54, 1.807) is 14.1 Å². The fraction of sp³-hybridized carbons (Fsp3) is 0.533. The maximum Gasteiger partial charge on any atom is 0.243 e. The van der Waals surface area contributed by atoms with Crippen LogP contribution in [0.25, 0.3) is 0 Å². The predicted molar refractivity (Wildman–Crippen MR) is 81.2 cm³/mol. The van der Waals surface area contributed by atoms with Crippen molar-refractivity contribution in [1.29, 1.82) is 0 Å². The van der Waals surface area contributed by atoms with E-state index in [1.807, 2.05) is 0 Å². The Labute approximate surface area is 130 Å². The summed E-state index contributed by atoms with van der Waals surface area (Å²) in [6.07, 6.45) is 3.46. The van der Waals surface area contributed by atoms with Crippen molar-refractivity contribution in [3.8, 4) is 0 Å². The van der Waals surface area contributed by atoms with Gasteiger partial charge in [0.1, 0.15) is 11.4 Å². The lowest BCUT2D eigenvalue weighted by Gasteiger charge is -2.38. The molecule has 2 rings (SSSR count). The Morgan fingerprint density at radius 3 is 2.41 bits per heavy atom. The molecule has 1 aromatic rings. The molecule has 0 bridgehead atoms. The van der Waals surface area contributed by atoms with Gasteiger partial charge in [-0.25, -0.2) is 12.8 Å². The average Bonchev–Trinajstić information content (AvgIpc) is 2.47. The summed E-state index contributed by atoms with van der Waals surface area (Å²) in [4.78, 5) is 13.8. The molecule has 0 unspecified atom stereocenters. The zero-order chi connectivity index (χ0) is 16.4. The first-order valence-electron chi connectivity index (χ1n) is 7.28. The molecule has 1 fully saturated rings. The van der Waals surface area contributed by atoms with Gasteiger partial charge < -0.3 is 4.90 Å². The first kappa shape index (κ1) is 16.9. The van der Waals surface area contributed by atoms with Crippen molar-refractivity contribution in [1.82, 2.24) is 9.62 Å². The van der Waals surface area contributed by atoms with Crippen LogP contribution in [0.3, 0.4) is 0 Å². The van der Waals surface area contributed by atoms with E-state index in [-0.39, 0.29) is 10.8 Å². The normalized spacial score (nSPS) is 18.0. The highest BCUT2D eigenvalue weighted by Crippen LogP contribution is 2.31. The molecule has 1 N–H and O–H groups in total. The molecule has 1 amide bonds. The number of nitrogens with one attached hydrogen (secondary N) is 1. The van der Waals surface area contributed by atoms with Crippen LogP contribution in [0, 0.1) is 5.82 Å². The summed E-state index contributed by atoms with van der Waals surface area (Å²) in [6, 6.07) is 4.80. The lowest BCUT2D eigenvalue weighted by molar-refractivity contribution is -0.136. The third kappa shape index (κ3) is 3.47. The molecule has 0 aromatic heterocycles. The Hall–Kier alpha value is -1.47. The molecule has 0 radical (unpaired) electrons. The summed E-state index contributed by atoms with van der Waals surface area (Å²) in [7, 11) is -0.744. The number of nitrogens with zero attached hydrogens (tertiary/aromatic N) is 1. The maximum absolute atomic E-state index is 13.3. The standard InChI is InChI=1S/C15H21FN2O3S/c1-18(2)14(19)15(9-4-3-5-10-15)17-22(20,21)13-8-6-7-12(16)11-13/h6-8,11,17H,3-5,9-10H2,1-2H3. The van der Waals surface area contributed by atoms with Crippen molar-refractivity contribution in [3.05, 3.63) is 30.1 Å². The van der Waals surface area contributed by atoms with Crippen molar-refractivity contribution in [3.63, 3.8) is 0 Å². The lowest BCUT2D eigenvalue weighted by atomic mass is 9.81. The van der Waals surface area contributed by atoms with Gasteiger partial charge >= 0.3 is 0 Å². The number of carbonyl (C=O) groups is 1. The predicted octanol–water partition coefficient (Wildman–Crippen LogP) is 1.90. The maximum atomic E-state index is 13.3. The van der Waals surface area contributed by atoms with Crippen molar-refractivity contribution >= 4 is 15.9 Å². The summed E-state index contributed by atoms with van der Waals surface area (Å²) in [6.45, 7) is 0. The minimum absolute atomic E-state index is 0.163. The number of sulfonamides is 1. The van der Waals surface area contributed by atoms with Gasteiger partial charge in [0.2, 0.25) is 15.9 Å². The third-order valence-electron chi connectivity index (χ3n) is 3.96. The smallest absolute Gasteiger partial charge is 0.243 e. The summed E-state index contributed by atoms with van der Waals surface area (Å²) in [5.74, 6) is -0.883. The monoisotopic (exact) mass is 328 g/mol. The van der Waals surface area contributed by atoms with E-state index in [9.17, 15) is 17.6 Å². The van der Waals surface area contributed by atoms with Crippen LogP contribution in [-0.2, 0) is 14.8 Å². The van der Waals surface area contributed by atoms with Crippen LogP contribution in [0.1, 0.15) is 32.1 Å². The number of likely N-dealkylation sites (N-methyl/N-ethyl adjacent to an activating group) is 1. The second-order valence-corrected chi connectivity index (χ2v) is 7.59. The Morgan fingerprint density at radius 2 is 1.86 bits per heavy atom. The number of amides is 1. The molecule has 5 nitrogen and oxygen atoms in total. The molecular formula is C15H21FN2O3S. The zero-order valence-corrected chi connectivity index (χ0v) is 13.6. The second-order valence-electron chi connectivity index (χ2n) is 5.91. The molecule has 22 heavy (non-hydrogen) atoms. The van der Waals surface area contributed by atoms with E-state index in [2.05, 4.69) is 4.72 Å². The lowest BCUT2D eigenvalue weighted by Crippen LogP contribution is -2.59. The molecule has 1 aliphatic carbocycles. The molecule has 0 saturated heterocycles. The van der Waals surface area contributed by atoms with Gasteiger partial charge in [-0.1, -0.05) is 25.3 Å². The first-order valence-corrected chi connectivity index (χ1v) is 8.76. The van der Waals surface area contributed by atoms with Gasteiger partial charge in [-0.3, -0.25) is 4.79 Å². The van der Waals surface area contributed by atoms with E-state index >= 15 is 0 Å². The minimum atomic E-state index is -3.96. The highest BCUT2D eigenvalue weighted by atomic mass is 32.2. The van der Waals surface area contributed by atoms with Gasteiger partial charge in [-0.2, -0.15) is 4.72 Å². The first-order chi connectivity index (χ1) is 10.3. The largest absolute Gasteiger partial charge is 0.347 e. The van der Waals surface area contributed by atoms with Crippen molar-refractivity contribution in [2.75, 3.05) is 14.1 Å². The van der Waals surface area contributed by atoms with Crippen LogP contribution < -0.4 is 4.72 Å². The number of hydrogen-bond acceptors (Lipinski definition) is 3. The molecular weight excluding hydrogens is 307 g/mol. The number of rotatable bonds is 4. The van der Waals surface area contributed by atoms with Crippen molar-refractivity contribution < 1.29 is 17.6 Å². The molecule has 122 valence electrons. The van der Waals surface area contributed by atoms with Gasteiger partial charge in [0.15, 0.2) is 0 Å². The van der Waals surface area contributed by atoms with Crippen molar-refractivity contribution in [2.24, 2.45) is 0 Å². The Kier molecular flexibility index (Phi) is 4.87. The van der Waals surface area contributed by atoms with E-state index < -0.39 is 21.4 Å². The molecule has 0 heterocycles. The topological polar surface area (TPSA) is 66.5 Å². The zero-order valence-electron chi connectivity index (χ0n) is 12.8. The van der Waals surface area contributed by atoms with Crippen LogP contribution >= 0.6 is 0 Å². The third-order valence-corrected chi connectivity index (χ3v) is 5.49. The van der Waals surface area contributed by atoms with E-state index in [0.29, 0.717) is 12.8 Å².